The Bertz CT molecular complexity index is 2370. The van der Waals surface area contributed by atoms with Crippen LogP contribution in [-0.4, -0.2) is 171 Å². The van der Waals surface area contributed by atoms with Gasteiger partial charge < -0.3 is 59.1 Å². The van der Waals surface area contributed by atoms with Gasteiger partial charge in [0.15, 0.2) is 11.7 Å². The van der Waals surface area contributed by atoms with E-state index in [1.807, 2.05) is 69.9 Å². The Hall–Kier alpha value is -4.77. The number of nitrogens with zero attached hydrogens (tertiary/aromatic N) is 1. The first-order chi connectivity index (χ1) is 40.6. The van der Waals surface area contributed by atoms with Gasteiger partial charge in [0.1, 0.15) is 40.5 Å². The van der Waals surface area contributed by atoms with Gasteiger partial charge in [-0.3, -0.25) is 43.3 Å². The van der Waals surface area contributed by atoms with Crippen molar-refractivity contribution in [2.24, 2.45) is 22.4 Å². The molecule has 20 heteroatoms. The summed E-state index contributed by atoms with van der Waals surface area (Å²) in [6.45, 7) is 28.8. The van der Waals surface area contributed by atoms with Crippen molar-refractivity contribution in [3.63, 3.8) is 0 Å². The van der Waals surface area contributed by atoms with Gasteiger partial charge in [-0.2, -0.15) is 0 Å². The molecule has 4 aliphatic rings. The summed E-state index contributed by atoms with van der Waals surface area (Å²) in [5.74, 6) is 2.18. The smallest absolute Gasteiger partial charge is 0.185 e. The number of nitrogens with two attached hydrogens (primary N) is 2. The second-order valence-electron chi connectivity index (χ2n) is 25.9. The summed E-state index contributed by atoms with van der Waals surface area (Å²) in [5.41, 5.74) is 11.6. The van der Waals surface area contributed by atoms with Gasteiger partial charge in [0, 0.05) is 6.54 Å². The molecular formula is C68H127N11O9. The zero-order chi connectivity index (χ0) is 69.1. The number of carbonyl (C=O) groups is 8. The van der Waals surface area contributed by atoms with Crippen LogP contribution in [0.3, 0.4) is 0 Å². The first-order valence-corrected chi connectivity index (χ1v) is 31.6. The van der Waals surface area contributed by atoms with Crippen molar-refractivity contribution < 1.29 is 43.5 Å². The molecule has 0 heterocycles. The Morgan fingerprint density at radius 1 is 0.523 bits per heavy atom. The number of rotatable bonds is 25. The number of guanidine groups is 1. The van der Waals surface area contributed by atoms with Crippen LogP contribution >= 0.6 is 0 Å². The minimum Gasteiger partial charge on any atom is -0.394 e. The monoisotopic (exact) mass is 1240 g/mol. The van der Waals surface area contributed by atoms with Crippen molar-refractivity contribution in [1.29, 1.82) is 0 Å². The second kappa shape index (κ2) is 41.6. The van der Waals surface area contributed by atoms with E-state index >= 15 is 0 Å². The lowest BCUT2D eigenvalue weighted by Gasteiger charge is -2.34. The van der Waals surface area contributed by atoms with Crippen LogP contribution in [0.1, 0.15) is 218 Å². The van der Waals surface area contributed by atoms with E-state index in [9.17, 15) is 38.4 Å². The van der Waals surface area contributed by atoms with Crippen molar-refractivity contribution in [2.45, 2.75) is 258 Å². The summed E-state index contributed by atoms with van der Waals surface area (Å²) >= 11 is 0. The van der Waals surface area contributed by atoms with Crippen molar-refractivity contribution in [1.82, 2.24) is 42.5 Å². The molecule has 4 atom stereocenters. The standard InChI is InChI=1S/C15H19NO.C9H20N4O.C9H17NO.C9H19NO.C8H15NO.C6H13NO2.C6H11NO.C6H13NO/c1-11(17)15(2,16-3)10-13-9-8-12-6-4-5-7-14(12)13;1-7(14)9(2,12-3)5-4-6-13-8(10)11;1-8(11)9(10-2)6-4-3-5-7-9;1-7(2)6-9(4,10-5)8(3)11;1-7(10)8(9-2)5-3-4-6-8;1-5(9)6(2,4-8)7-3;1-5(8)6(7-2)3-4-6;1-5(8)6(2,3)7-4/h4-7,9,16H,8,10H2,1-3H3;12H,4-6H2,1-3H3,(H4,10,11,13);10H,3-7H2,1-2H3;7,10H,6H2,1-5H3;9H,3-6H2,1-2H3;7-8H,4H2,1-3H3;7H,3-4H2,1-2H3;7H,1-4H3/t15-;9-;;9-;;6-;;/m00.0.0../s1. The third-order valence-electron chi connectivity index (χ3n) is 18.9. The van der Waals surface area contributed by atoms with Gasteiger partial charge in [0.25, 0.3) is 0 Å². The maximum atomic E-state index is 11.7. The van der Waals surface area contributed by atoms with Crippen LogP contribution in [0.5, 0.6) is 0 Å². The molecule has 3 fully saturated rings. The number of aliphatic imine (C=N–C) groups is 1. The highest BCUT2D eigenvalue weighted by atomic mass is 16.3. The lowest BCUT2D eigenvalue weighted by molar-refractivity contribution is -0.125. The highest BCUT2D eigenvalue weighted by molar-refractivity contribution is 5.90. The predicted octanol–water partition coefficient (Wildman–Crippen LogP) is 6.84. The maximum absolute atomic E-state index is 11.7. The Morgan fingerprint density at radius 3 is 1.14 bits per heavy atom. The number of fused-ring (bicyclic) bond motifs is 1. The number of ketones is 8. The number of carbonyl (C=O) groups excluding carboxylic acids is 8. The zero-order valence-corrected chi connectivity index (χ0v) is 59.5. The summed E-state index contributed by atoms with van der Waals surface area (Å²) in [4.78, 5) is 92.5. The van der Waals surface area contributed by atoms with E-state index in [-0.39, 0.29) is 75.0 Å². The van der Waals surface area contributed by atoms with Gasteiger partial charge in [0.2, 0.25) is 0 Å². The molecule has 1 aromatic rings. The normalized spacial score (nSPS) is 18.0. The van der Waals surface area contributed by atoms with Gasteiger partial charge in [-0.25, -0.2) is 0 Å². The minimum atomic E-state index is -0.750. The molecule has 0 bridgehead atoms. The van der Waals surface area contributed by atoms with E-state index < -0.39 is 16.6 Å². The van der Waals surface area contributed by atoms with Gasteiger partial charge in [-0.15, -0.1) is 0 Å². The molecular weight excluding hydrogens is 1110 g/mol. The molecule has 0 unspecified atom stereocenters. The number of likely N-dealkylation sites (N-methyl/N-ethyl adjacent to an activating group) is 8. The van der Waals surface area contributed by atoms with Crippen LogP contribution in [0.2, 0.25) is 0 Å². The molecule has 0 amide bonds. The van der Waals surface area contributed by atoms with Gasteiger partial charge in [-0.05, 0) is 247 Å². The Labute approximate surface area is 532 Å². The van der Waals surface area contributed by atoms with Crippen molar-refractivity contribution in [3.8, 4) is 0 Å². The summed E-state index contributed by atoms with van der Waals surface area (Å²) in [6.07, 6.45) is 18.6. The van der Waals surface area contributed by atoms with Crippen LogP contribution in [0, 0.1) is 5.92 Å². The van der Waals surface area contributed by atoms with Gasteiger partial charge in [-0.1, -0.05) is 76.3 Å². The lowest BCUT2D eigenvalue weighted by Crippen LogP contribution is -2.50. The Morgan fingerprint density at radius 2 is 0.898 bits per heavy atom. The first kappa shape index (κ1) is 87.4. The fourth-order valence-electron chi connectivity index (χ4n) is 9.78. The maximum Gasteiger partial charge on any atom is 0.185 e. The van der Waals surface area contributed by atoms with Crippen LogP contribution < -0.4 is 54.0 Å². The van der Waals surface area contributed by atoms with E-state index in [0.717, 1.165) is 70.6 Å². The number of Topliss-reactive ketones (excluding diaryl/α,β-unsaturated/α-hetero) is 8. The number of hydrogen-bond donors (Lipinski definition) is 11. The van der Waals surface area contributed by atoms with Crippen molar-refractivity contribution in [2.75, 3.05) is 69.5 Å². The minimum absolute atomic E-state index is 0.0486. The fourth-order valence-corrected chi connectivity index (χ4v) is 9.78. The average molecular weight is 1240 g/mol. The first-order valence-electron chi connectivity index (χ1n) is 31.6. The molecule has 13 N–H and O–H groups in total. The number of hydrogen-bond acceptors (Lipinski definition) is 18. The molecule has 508 valence electrons. The number of benzene rings is 1. The summed E-state index contributed by atoms with van der Waals surface area (Å²) in [6, 6.07) is 8.42. The quantitative estimate of drug-likeness (QED) is 0.0271. The number of aliphatic hydroxyl groups is 1. The molecule has 20 nitrogen and oxygen atoms in total. The van der Waals surface area contributed by atoms with Crippen LogP contribution in [0.25, 0.3) is 5.57 Å². The number of allylic oxidation sites excluding steroid dienone is 1. The predicted molar refractivity (Wildman–Crippen MR) is 364 cm³/mol. The summed E-state index contributed by atoms with van der Waals surface area (Å²) < 4.78 is 0. The molecule has 0 aliphatic heterocycles. The average Bonchev–Trinajstić information content (AvgIpc) is 2.53. The zero-order valence-electron chi connectivity index (χ0n) is 59.5. The fraction of sp³-hybridized carbons (Fsp3) is 0.750. The third-order valence-corrected chi connectivity index (χ3v) is 18.9. The Balaban J connectivity index is -0.000000951. The van der Waals surface area contributed by atoms with E-state index in [2.05, 4.69) is 91.7 Å². The van der Waals surface area contributed by atoms with Crippen LogP contribution in [0.4, 0.5) is 0 Å². The molecule has 5 rings (SSSR count). The van der Waals surface area contributed by atoms with Gasteiger partial charge in [0.05, 0.1) is 50.9 Å². The van der Waals surface area contributed by atoms with Crippen molar-refractivity contribution in [3.05, 3.63) is 41.5 Å². The summed E-state index contributed by atoms with van der Waals surface area (Å²) in [7, 11) is 14.5. The van der Waals surface area contributed by atoms with Gasteiger partial charge >= 0.3 is 0 Å². The molecule has 0 aromatic heterocycles. The van der Waals surface area contributed by atoms with E-state index in [4.69, 9.17) is 16.6 Å². The SMILES string of the molecule is CNC(C)(C)C(C)=O.CNC1(C(C)=O)CC1.CNC1(C(C)=O)CCCC1.CNC1(C(C)=O)CCCCC1.CN[C@@](C)(CC(C)C)C(C)=O.CN[C@@](C)(CC1=CCc2ccccc21)C(C)=O.CN[C@@](C)(CCCN=C(N)N)C(C)=O.CN[C@@](C)(CO)C(C)=O. The molecule has 1 aromatic carbocycles. The molecule has 0 saturated heterocycles. The topological polar surface area (TPSA) is 317 Å². The molecule has 4 aliphatic carbocycles. The summed E-state index contributed by atoms with van der Waals surface area (Å²) in [5, 5.41) is 32.8. The third kappa shape index (κ3) is 29.9. The van der Waals surface area contributed by atoms with Crippen LogP contribution in [0.15, 0.2) is 35.3 Å². The Kier molecular flexibility index (Phi) is 41.3. The largest absolute Gasteiger partial charge is 0.394 e. The van der Waals surface area contributed by atoms with E-state index in [0.29, 0.717) is 24.0 Å². The molecule has 0 radical (unpaired) electrons. The highest BCUT2D eigenvalue weighted by Gasteiger charge is 2.45. The molecule has 0 spiro atoms. The van der Waals surface area contributed by atoms with E-state index in [1.165, 1.54) is 55.7 Å². The van der Waals surface area contributed by atoms with E-state index in [1.54, 1.807) is 76.5 Å². The number of nitrogens with one attached hydrogen (secondary N) is 8. The van der Waals surface area contributed by atoms with Crippen LogP contribution in [-0.2, 0) is 44.8 Å². The van der Waals surface area contributed by atoms with Crippen molar-refractivity contribution >= 4 is 57.8 Å². The number of aliphatic hydroxyl groups excluding tert-OH is 1. The second-order valence-corrected chi connectivity index (χ2v) is 25.9. The molecule has 88 heavy (non-hydrogen) atoms. The highest BCUT2D eigenvalue weighted by Crippen LogP contribution is 2.36. The lowest BCUT2D eigenvalue weighted by atomic mass is 9.79. The molecule has 3 saturated carbocycles.